The highest BCUT2D eigenvalue weighted by Gasteiger charge is 2.27. The fraction of sp³-hybridized carbons (Fsp3) is 0.500. The maximum Gasteiger partial charge on any atom is 0.123 e. The molecule has 1 fully saturated rings. The normalized spacial score (nSPS) is 19.8. The van der Waals surface area contributed by atoms with Crippen molar-refractivity contribution >= 4 is 0 Å². The zero-order valence-electron chi connectivity index (χ0n) is 17.2. The van der Waals surface area contributed by atoms with E-state index < -0.39 is 0 Å². The van der Waals surface area contributed by atoms with Crippen LogP contribution in [0.25, 0.3) is 0 Å². The Morgan fingerprint density at radius 1 is 1.18 bits per heavy atom. The zero-order valence-corrected chi connectivity index (χ0v) is 17.2. The van der Waals surface area contributed by atoms with Crippen LogP contribution in [-0.4, -0.2) is 26.4 Å². The van der Waals surface area contributed by atoms with E-state index in [9.17, 15) is 4.39 Å². The summed E-state index contributed by atoms with van der Waals surface area (Å²) in [6.45, 7) is 6.83. The second-order valence-electron chi connectivity index (χ2n) is 7.99. The fourth-order valence-corrected chi connectivity index (χ4v) is 3.95. The quantitative estimate of drug-likeness (QED) is 0.643. The molecule has 1 aliphatic rings. The van der Waals surface area contributed by atoms with Gasteiger partial charge in [-0.05, 0) is 78.6 Å². The van der Waals surface area contributed by atoms with Crippen LogP contribution >= 0.6 is 0 Å². The first kappa shape index (κ1) is 20.8. The highest BCUT2D eigenvalue weighted by atomic mass is 19.1. The molecule has 1 aliphatic heterocycles. The lowest BCUT2D eigenvalue weighted by Crippen LogP contribution is -2.29. The molecule has 3 rings (SSSR count). The molecule has 4 heteroatoms. The SMILES string of the molecule is COc1ccc(CNCCc2ccc(F)cc2C2CCOC(C(C)C)C2)cc1. The average Bonchev–Trinajstić information content (AvgIpc) is 2.72. The molecule has 1 saturated heterocycles. The van der Waals surface area contributed by atoms with E-state index in [2.05, 4.69) is 31.3 Å². The number of nitrogens with one attached hydrogen (secondary N) is 1. The number of hydrogen-bond acceptors (Lipinski definition) is 3. The number of rotatable bonds is 8. The van der Waals surface area contributed by atoms with Gasteiger partial charge in [-0.1, -0.05) is 32.0 Å². The predicted molar refractivity (Wildman–Crippen MR) is 111 cm³/mol. The van der Waals surface area contributed by atoms with Crippen LogP contribution in [0.3, 0.4) is 0 Å². The Hall–Kier alpha value is -1.91. The molecule has 0 radical (unpaired) electrons. The highest BCUT2D eigenvalue weighted by Crippen LogP contribution is 2.35. The Bertz CT molecular complexity index is 745. The van der Waals surface area contributed by atoms with E-state index in [0.717, 1.165) is 44.7 Å². The summed E-state index contributed by atoms with van der Waals surface area (Å²) in [4.78, 5) is 0. The molecule has 1 heterocycles. The van der Waals surface area contributed by atoms with E-state index in [0.29, 0.717) is 11.8 Å². The van der Waals surface area contributed by atoms with Crippen LogP contribution in [-0.2, 0) is 17.7 Å². The van der Waals surface area contributed by atoms with Gasteiger partial charge in [0.05, 0.1) is 13.2 Å². The van der Waals surface area contributed by atoms with Crippen LogP contribution in [0.4, 0.5) is 4.39 Å². The summed E-state index contributed by atoms with van der Waals surface area (Å²) in [7, 11) is 1.68. The standard InChI is InChI=1S/C24H32FNO2/c1-17(2)24-14-20(11-13-28-24)23-15-21(25)7-6-19(23)10-12-26-16-18-4-8-22(27-3)9-5-18/h4-9,15,17,20,24,26H,10-14,16H2,1-3H3. The number of benzene rings is 2. The molecule has 0 bridgehead atoms. The molecule has 0 spiro atoms. The predicted octanol–water partition coefficient (Wildman–Crippen LogP) is 5.09. The summed E-state index contributed by atoms with van der Waals surface area (Å²) < 4.78 is 25.1. The topological polar surface area (TPSA) is 30.5 Å². The molecule has 2 atom stereocenters. The minimum atomic E-state index is -0.141. The Morgan fingerprint density at radius 2 is 1.96 bits per heavy atom. The summed E-state index contributed by atoms with van der Waals surface area (Å²) >= 11 is 0. The minimum Gasteiger partial charge on any atom is -0.497 e. The smallest absolute Gasteiger partial charge is 0.123 e. The first-order chi connectivity index (χ1) is 13.6. The zero-order chi connectivity index (χ0) is 19.9. The van der Waals surface area contributed by atoms with Gasteiger partial charge in [-0.3, -0.25) is 0 Å². The third kappa shape index (κ3) is 5.55. The third-order valence-corrected chi connectivity index (χ3v) is 5.67. The number of methoxy groups -OCH3 is 1. The van der Waals surface area contributed by atoms with E-state index in [1.54, 1.807) is 19.2 Å². The van der Waals surface area contributed by atoms with Crippen molar-refractivity contribution in [1.29, 1.82) is 0 Å². The second kappa shape index (κ2) is 10.0. The molecular weight excluding hydrogens is 353 g/mol. The van der Waals surface area contributed by atoms with Crippen LogP contribution in [0.1, 0.15) is 49.3 Å². The van der Waals surface area contributed by atoms with Gasteiger partial charge in [-0.25, -0.2) is 4.39 Å². The maximum atomic E-state index is 14.0. The molecule has 2 aromatic rings. The molecule has 2 aromatic carbocycles. The monoisotopic (exact) mass is 385 g/mol. The first-order valence-electron chi connectivity index (χ1n) is 10.3. The summed E-state index contributed by atoms with van der Waals surface area (Å²) in [5.41, 5.74) is 3.64. The summed E-state index contributed by atoms with van der Waals surface area (Å²) in [5.74, 6) is 1.60. The van der Waals surface area contributed by atoms with Crippen LogP contribution in [0.15, 0.2) is 42.5 Å². The van der Waals surface area contributed by atoms with Gasteiger partial charge in [0, 0.05) is 13.2 Å². The molecule has 0 amide bonds. The van der Waals surface area contributed by atoms with Gasteiger partial charge < -0.3 is 14.8 Å². The van der Waals surface area contributed by atoms with E-state index in [1.807, 2.05) is 18.2 Å². The minimum absolute atomic E-state index is 0.141. The molecule has 2 unspecified atom stereocenters. The lowest BCUT2D eigenvalue weighted by Gasteiger charge is -2.33. The number of hydrogen-bond donors (Lipinski definition) is 1. The molecule has 0 saturated carbocycles. The lowest BCUT2D eigenvalue weighted by atomic mass is 9.82. The van der Waals surface area contributed by atoms with Crippen molar-refractivity contribution in [2.45, 2.75) is 51.7 Å². The molecule has 0 aromatic heterocycles. The average molecular weight is 386 g/mol. The van der Waals surface area contributed by atoms with E-state index in [1.165, 1.54) is 16.7 Å². The van der Waals surface area contributed by atoms with Gasteiger partial charge >= 0.3 is 0 Å². The molecule has 152 valence electrons. The highest BCUT2D eigenvalue weighted by molar-refractivity contribution is 5.32. The van der Waals surface area contributed by atoms with E-state index in [-0.39, 0.29) is 11.9 Å². The van der Waals surface area contributed by atoms with Crippen LogP contribution < -0.4 is 10.1 Å². The van der Waals surface area contributed by atoms with Gasteiger partial charge in [-0.15, -0.1) is 0 Å². The van der Waals surface area contributed by atoms with E-state index in [4.69, 9.17) is 9.47 Å². The molecule has 1 N–H and O–H groups in total. The van der Waals surface area contributed by atoms with Gasteiger partial charge in [0.1, 0.15) is 11.6 Å². The third-order valence-electron chi connectivity index (χ3n) is 5.67. The summed E-state index contributed by atoms with van der Waals surface area (Å²) in [6, 6.07) is 13.4. The van der Waals surface area contributed by atoms with Gasteiger partial charge in [0.15, 0.2) is 0 Å². The van der Waals surface area contributed by atoms with Crippen molar-refractivity contribution in [3.05, 3.63) is 65.0 Å². The summed E-state index contributed by atoms with van der Waals surface area (Å²) in [5, 5.41) is 3.50. The second-order valence-corrected chi connectivity index (χ2v) is 7.99. The fourth-order valence-electron chi connectivity index (χ4n) is 3.95. The number of ether oxygens (including phenoxy) is 2. The Morgan fingerprint density at radius 3 is 2.68 bits per heavy atom. The van der Waals surface area contributed by atoms with Crippen molar-refractivity contribution in [3.63, 3.8) is 0 Å². The van der Waals surface area contributed by atoms with Crippen LogP contribution in [0.5, 0.6) is 5.75 Å². The molecule has 3 nitrogen and oxygen atoms in total. The van der Waals surface area contributed by atoms with Gasteiger partial charge in [0.25, 0.3) is 0 Å². The van der Waals surface area contributed by atoms with Crippen molar-refractivity contribution in [2.24, 2.45) is 5.92 Å². The number of halogens is 1. The van der Waals surface area contributed by atoms with Crippen molar-refractivity contribution < 1.29 is 13.9 Å². The van der Waals surface area contributed by atoms with Gasteiger partial charge in [-0.2, -0.15) is 0 Å². The Labute approximate surface area is 168 Å². The van der Waals surface area contributed by atoms with Crippen LogP contribution in [0.2, 0.25) is 0 Å². The Kier molecular flexibility index (Phi) is 7.46. The van der Waals surface area contributed by atoms with Crippen molar-refractivity contribution in [1.82, 2.24) is 5.32 Å². The van der Waals surface area contributed by atoms with Crippen molar-refractivity contribution in [3.8, 4) is 5.75 Å². The molecule has 0 aliphatic carbocycles. The largest absolute Gasteiger partial charge is 0.497 e. The Balaban J connectivity index is 1.59. The molecular formula is C24H32FNO2. The van der Waals surface area contributed by atoms with E-state index >= 15 is 0 Å². The van der Waals surface area contributed by atoms with Gasteiger partial charge in [0.2, 0.25) is 0 Å². The lowest BCUT2D eigenvalue weighted by molar-refractivity contribution is -0.0202. The first-order valence-corrected chi connectivity index (χ1v) is 10.3. The van der Waals surface area contributed by atoms with Crippen molar-refractivity contribution in [2.75, 3.05) is 20.3 Å². The maximum absolute atomic E-state index is 14.0. The van der Waals surface area contributed by atoms with Crippen LogP contribution in [0, 0.1) is 11.7 Å². The summed E-state index contributed by atoms with van der Waals surface area (Å²) in [6.07, 6.45) is 3.12. The molecule has 28 heavy (non-hydrogen) atoms.